The van der Waals surface area contributed by atoms with Crippen LogP contribution in [0.2, 0.25) is 0 Å². The van der Waals surface area contributed by atoms with Crippen molar-refractivity contribution in [3.05, 3.63) is 83.4 Å². The Balaban J connectivity index is 2.08. The maximum absolute atomic E-state index is 2.24. The van der Waals surface area contributed by atoms with Crippen LogP contribution < -0.4 is 0 Å². The fourth-order valence-corrected chi connectivity index (χ4v) is 2.20. The first-order valence-electron chi connectivity index (χ1n) is 7.48. The van der Waals surface area contributed by atoms with Gasteiger partial charge in [-0.3, -0.25) is 0 Å². The molecule has 0 aliphatic heterocycles. The van der Waals surface area contributed by atoms with Gasteiger partial charge in [0.2, 0.25) is 0 Å². The predicted molar refractivity (Wildman–Crippen MR) is 94.3 cm³/mol. The molecule has 0 heterocycles. The van der Waals surface area contributed by atoms with E-state index in [9.17, 15) is 0 Å². The summed E-state index contributed by atoms with van der Waals surface area (Å²) in [6.45, 7) is 8.86. The SMILES string of the molecule is CC(=CC=Cc1ccc(C(C)(C)C)cc1)c1ccccc1. The van der Waals surface area contributed by atoms with Gasteiger partial charge in [-0.05, 0) is 34.6 Å². The second kappa shape index (κ2) is 6.58. The smallest absolute Gasteiger partial charge is 0.0132 e. The second-order valence-electron chi connectivity index (χ2n) is 6.45. The molecule has 0 N–H and O–H groups in total. The summed E-state index contributed by atoms with van der Waals surface area (Å²) in [5.74, 6) is 0. The van der Waals surface area contributed by atoms with Gasteiger partial charge in [-0.2, -0.15) is 0 Å². The fourth-order valence-electron chi connectivity index (χ4n) is 2.20. The number of allylic oxidation sites excluding steroid dienone is 3. The molecule has 0 spiro atoms. The molecule has 0 nitrogen and oxygen atoms in total. The molecule has 0 aliphatic rings. The van der Waals surface area contributed by atoms with Crippen molar-refractivity contribution in [2.45, 2.75) is 33.1 Å². The molecule has 0 saturated heterocycles. The third kappa shape index (κ3) is 4.46. The Kier molecular flexibility index (Phi) is 4.80. The van der Waals surface area contributed by atoms with Gasteiger partial charge in [-0.25, -0.2) is 0 Å². The zero-order valence-electron chi connectivity index (χ0n) is 13.4. The van der Waals surface area contributed by atoms with Crippen molar-refractivity contribution in [2.75, 3.05) is 0 Å². The Labute approximate surface area is 128 Å². The number of benzene rings is 2. The summed E-state index contributed by atoms with van der Waals surface area (Å²) >= 11 is 0. The fraction of sp³-hybridized carbons (Fsp3) is 0.238. The molecule has 0 aromatic heterocycles. The van der Waals surface area contributed by atoms with Gasteiger partial charge >= 0.3 is 0 Å². The second-order valence-corrected chi connectivity index (χ2v) is 6.45. The van der Waals surface area contributed by atoms with Gasteiger partial charge in [0.1, 0.15) is 0 Å². The molecule has 2 aromatic rings. The van der Waals surface area contributed by atoms with Crippen LogP contribution in [0.1, 0.15) is 44.4 Å². The molecule has 0 bridgehead atoms. The highest BCUT2D eigenvalue weighted by molar-refractivity contribution is 5.67. The molecule has 21 heavy (non-hydrogen) atoms. The van der Waals surface area contributed by atoms with Gasteiger partial charge in [0, 0.05) is 0 Å². The Bertz CT molecular complexity index is 620. The van der Waals surface area contributed by atoms with E-state index < -0.39 is 0 Å². The summed E-state index contributed by atoms with van der Waals surface area (Å²) in [6, 6.07) is 19.3. The lowest BCUT2D eigenvalue weighted by molar-refractivity contribution is 0.590. The molecule has 2 rings (SSSR count). The topological polar surface area (TPSA) is 0 Å². The molecule has 0 unspecified atom stereocenters. The summed E-state index contributed by atoms with van der Waals surface area (Å²) < 4.78 is 0. The number of hydrogen-bond donors (Lipinski definition) is 0. The lowest BCUT2D eigenvalue weighted by atomic mass is 9.87. The minimum absolute atomic E-state index is 0.214. The van der Waals surface area contributed by atoms with Crippen molar-refractivity contribution in [3.63, 3.8) is 0 Å². The molecule has 2 aromatic carbocycles. The molecular formula is C21H24. The van der Waals surface area contributed by atoms with Crippen LogP contribution in [0.3, 0.4) is 0 Å². The van der Waals surface area contributed by atoms with Crippen molar-refractivity contribution >= 4 is 11.6 Å². The van der Waals surface area contributed by atoms with Crippen LogP contribution in [0.4, 0.5) is 0 Å². The van der Waals surface area contributed by atoms with Crippen molar-refractivity contribution in [1.82, 2.24) is 0 Å². The third-order valence-electron chi connectivity index (χ3n) is 3.64. The van der Waals surface area contributed by atoms with Crippen LogP contribution >= 0.6 is 0 Å². The van der Waals surface area contributed by atoms with E-state index in [-0.39, 0.29) is 5.41 Å². The maximum Gasteiger partial charge on any atom is -0.0132 e. The van der Waals surface area contributed by atoms with Crippen LogP contribution in [0.5, 0.6) is 0 Å². The monoisotopic (exact) mass is 276 g/mol. The van der Waals surface area contributed by atoms with E-state index in [1.54, 1.807) is 0 Å². The van der Waals surface area contributed by atoms with Crippen LogP contribution in [-0.2, 0) is 5.41 Å². The zero-order valence-corrected chi connectivity index (χ0v) is 13.4. The van der Waals surface area contributed by atoms with Crippen molar-refractivity contribution in [3.8, 4) is 0 Å². The number of rotatable bonds is 3. The first-order chi connectivity index (χ1) is 9.97. The lowest BCUT2D eigenvalue weighted by Crippen LogP contribution is -2.10. The molecule has 0 radical (unpaired) electrons. The van der Waals surface area contributed by atoms with Gasteiger partial charge in [0.25, 0.3) is 0 Å². The van der Waals surface area contributed by atoms with Gasteiger partial charge in [-0.15, -0.1) is 0 Å². The van der Waals surface area contributed by atoms with E-state index in [0.29, 0.717) is 0 Å². The van der Waals surface area contributed by atoms with Crippen LogP contribution in [0, 0.1) is 0 Å². The Hall–Kier alpha value is -2.08. The minimum atomic E-state index is 0.214. The van der Waals surface area contributed by atoms with E-state index >= 15 is 0 Å². The minimum Gasteiger partial charge on any atom is -0.0622 e. The molecule has 0 amide bonds. The molecule has 0 fully saturated rings. The molecule has 0 saturated carbocycles. The van der Waals surface area contributed by atoms with E-state index in [1.807, 2.05) is 6.07 Å². The van der Waals surface area contributed by atoms with E-state index in [0.717, 1.165) is 0 Å². The van der Waals surface area contributed by atoms with Crippen molar-refractivity contribution in [2.24, 2.45) is 0 Å². The normalized spacial score (nSPS) is 12.9. The van der Waals surface area contributed by atoms with Gasteiger partial charge in [0.15, 0.2) is 0 Å². The highest BCUT2D eigenvalue weighted by atomic mass is 14.2. The number of hydrogen-bond acceptors (Lipinski definition) is 0. The molecule has 0 heteroatoms. The highest BCUT2D eigenvalue weighted by Gasteiger charge is 2.12. The van der Waals surface area contributed by atoms with Crippen LogP contribution in [0.25, 0.3) is 11.6 Å². The first kappa shape index (κ1) is 15.3. The Morgan fingerprint density at radius 1 is 0.857 bits per heavy atom. The average molecular weight is 276 g/mol. The summed E-state index contributed by atoms with van der Waals surface area (Å²) in [7, 11) is 0. The van der Waals surface area contributed by atoms with E-state index in [4.69, 9.17) is 0 Å². The summed E-state index contributed by atoms with van der Waals surface area (Å²) in [5.41, 5.74) is 5.37. The first-order valence-corrected chi connectivity index (χ1v) is 7.48. The zero-order chi connectivity index (χ0) is 15.3. The summed E-state index contributed by atoms with van der Waals surface area (Å²) in [5, 5.41) is 0. The summed E-state index contributed by atoms with van der Waals surface area (Å²) in [4.78, 5) is 0. The molecule has 108 valence electrons. The maximum atomic E-state index is 2.24. The van der Waals surface area contributed by atoms with Crippen molar-refractivity contribution in [1.29, 1.82) is 0 Å². The van der Waals surface area contributed by atoms with Crippen molar-refractivity contribution < 1.29 is 0 Å². The highest BCUT2D eigenvalue weighted by Crippen LogP contribution is 2.22. The Morgan fingerprint density at radius 2 is 1.48 bits per heavy atom. The van der Waals surface area contributed by atoms with Crippen LogP contribution in [0.15, 0.2) is 66.7 Å². The third-order valence-corrected chi connectivity index (χ3v) is 3.64. The molecule has 0 atom stereocenters. The van der Waals surface area contributed by atoms with Gasteiger partial charge < -0.3 is 0 Å². The lowest BCUT2D eigenvalue weighted by Gasteiger charge is -2.18. The van der Waals surface area contributed by atoms with Crippen LogP contribution in [-0.4, -0.2) is 0 Å². The Morgan fingerprint density at radius 3 is 2.05 bits per heavy atom. The van der Waals surface area contributed by atoms with Gasteiger partial charge in [0.05, 0.1) is 0 Å². The van der Waals surface area contributed by atoms with E-state index in [1.165, 1.54) is 22.3 Å². The quantitative estimate of drug-likeness (QED) is 0.594. The average Bonchev–Trinajstić information content (AvgIpc) is 2.47. The predicted octanol–water partition coefficient (Wildman–Crippen LogP) is 6.10. The standard InChI is InChI=1S/C21H24/c1-17(19-11-6-5-7-12-19)9-8-10-18-13-15-20(16-14-18)21(2,3)4/h5-16H,1-4H3. The summed E-state index contributed by atoms with van der Waals surface area (Å²) in [6.07, 6.45) is 6.43. The molecular weight excluding hydrogens is 252 g/mol. The molecule has 0 aliphatic carbocycles. The largest absolute Gasteiger partial charge is 0.0622 e. The van der Waals surface area contributed by atoms with E-state index in [2.05, 4.69) is 94.5 Å². The van der Waals surface area contributed by atoms with Gasteiger partial charge in [-0.1, -0.05) is 93.6 Å².